The maximum Gasteiger partial charge on any atom is 0.309 e. The lowest BCUT2D eigenvalue weighted by Gasteiger charge is -2.21. The van der Waals surface area contributed by atoms with E-state index < -0.39 is 62.4 Å². The van der Waals surface area contributed by atoms with Gasteiger partial charge in [-0.3, -0.25) is 37.9 Å². The number of esters is 5. The molecule has 0 spiro atoms. The van der Waals surface area contributed by atoms with Crippen molar-refractivity contribution in [1.29, 1.82) is 0 Å². The van der Waals surface area contributed by atoms with Gasteiger partial charge in [-0.1, -0.05) is 30.3 Å². The first-order valence-electron chi connectivity index (χ1n) is 15.1. The van der Waals surface area contributed by atoms with Gasteiger partial charge in [-0.25, -0.2) is 0 Å². The molecule has 1 aromatic carbocycles. The minimum absolute atomic E-state index is 0.0148. The Bertz CT molecular complexity index is 1300. The third-order valence-corrected chi connectivity index (χ3v) is 12.3. The van der Waals surface area contributed by atoms with Gasteiger partial charge < -0.3 is 37.8 Å². The normalized spacial score (nSPS) is 14.2. The van der Waals surface area contributed by atoms with E-state index >= 15 is 0 Å². The lowest BCUT2D eigenvalue weighted by molar-refractivity contribution is -0.147. The zero-order valence-electron chi connectivity index (χ0n) is 28.8. The van der Waals surface area contributed by atoms with E-state index in [2.05, 4.69) is 14.2 Å². The van der Waals surface area contributed by atoms with Gasteiger partial charge >= 0.3 is 35.8 Å². The number of carboxylic acids is 1. The van der Waals surface area contributed by atoms with E-state index in [4.69, 9.17) is 23.6 Å². The van der Waals surface area contributed by atoms with E-state index in [9.17, 15) is 37.9 Å². The molecule has 0 bridgehead atoms. The molecule has 1 rings (SSSR count). The van der Waals surface area contributed by atoms with E-state index in [1.165, 1.54) is 42.7 Å². The molecular weight excluding hydrogens is 690 g/mol. The summed E-state index contributed by atoms with van der Waals surface area (Å²) in [5.74, 6) is -5.41. The smallest absolute Gasteiger partial charge is 0.309 e. The molecule has 0 saturated carbocycles. The van der Waals surface area contributed by atoms with Gasteiger partial charge in [0.15, 0.2) is 0 Å². The maximum atomic E-state index is 13.0. The van der Waals surface area contributed by atoms with Crippen LogP contribution in [0, 0.1) is 11.8 Å². The van der Waals surface area contributed by atoms with Gasteiger partial charge in [0.25, 0.3) is 0 Å². The standard InChI is InChI=1S/C19H27O8P.C12H21O8P/c1-24-17(20)10-9-16(19(22)25-2)14-28(23,26-3)12-11-18(21)27-13-15-7-5-4-6-8-15;1-18-11(15)5-4-9(12(16)19-2)8-21(17,20-3)7-6-10(13)14/h4-8,16H,9-14H2,1-3H3;9H,4-8H2,1-3H3,(H,13,14). The lowest BCUT2D eigenvalue weighted by Crippen LogP contribution is -2.23. The highest BCUT2D eigenvalue weighted by molar-refractivity contribution is 7.59. The highest BCUT2D eigenvalue weighted by Crippen LogP contribution is 2.50. The molecule has 0 aliphatic heterocycles. The fourth-order valence-electron chi connectivity index (χ4n) is 4.21. The monoisotopic (exact) mass is 738 g/mol. The largest absolute Gasteiger partial charge is 0.481 e. The van der Waals surface area contributed by atoms with Crippen molar-refractivity contribution in [3.8, 4) is 0 Å². The summed E-state index contributed by atoms with van der Waals surface area (Å²) in [6.07, 6.45) is -0.797. The van der Waals surface area contributed by atoms with Gasteiger partial charge in [0.1, 0.15) is 6.61 Å². The predicted molar refractivity (Wildman–Crippen MR) is 175 cm³/mol. The fourth-order valence-corrected chi connectivity index (χ4v) is 8.30. The number of carbonyl (C=O) groups is 6. The Morgan fingerprint density at radius 2 is 1.04 bits per heavy atom. The second kappa shape index (κ2) is 24.5. The van der Waals surface area contributed by atoms with Crippen LogP contribution in [0.4, 0.5) is 0 Å². The van der Waals surface area contributed by atoms with Gasteiger partial charge in [0.2, 0.25) is 14.7 Å². The van der Waals surface area contributed by atoms with E-state index in [1.54, 1.807) is 0 Å². The molecule has 0 aromatic heterocycles. The maximum absolute atomic E-state index is 13.0. The highest BCUT2D eigenvalue weighted by Gasteiger charge is 2.33. The Kier molecular flexibility index (Phi) is 22.7. The molecule has 0 amide bonds. The van der Waals surface area contributed by atoms with Gasteiger partial charge in [-0.05, 0) is 18.4 Å². The molecule has 1 N–H and O–H groups in total. The van der Waals surface area contributed by atoms with E-state index in [0.717, 1.165) is 5.56 Å². The SMILES string of the molecule is COC(=O)CCC(CP(=O)(CCC(=O)O)OC)C(=O)OC.COC(=O)CCC(CP(=O)(CCC(=O)OCc1ccccc1)OC)C(=O)OC. The number of aliphatic carboxylic acids is 1. The number of rotatable bonds is 22. The van der Waals surface area contributed by atoms with Crippen molar-refractivity contribution < 1.29 is 75.7 Å². The van der Waals surface area contributed by atoms with Gasteiger partial charge in [-0.15, -0.1) is 0 Å². The molecule has 0 aliphatic carbocycles. The minimum atomic E-state index is -3.30. The summed E-state index contributed by atoms with van der Waals surface area (Å²) in [6, 6.07) is 9.19. The van der Waals surface area contributed by atoms with Crippen molar-refractivity contribution in [2.24, 2.45) is 11.8 Å². The minimum Gasteiger partial charge on any atom is -0.481 e. The summed E-state index contributed by atoms with van der Waals surface area (Å²) >= 11 is 0. The molecule has 18 heteroatoms. The fraction of sp³-hybridized carbons (Fsp3) is 0.613. The van der Waals surface area contributed by atoms with Crippen LogP contribution in [-0.4, -0.2) is 108 Å². The third-order valence-electron chi connectivity index (χ3n) is 7.15. The summed E-state index contributed by atoms with van der Waals surface area (Å²) in [5, 5.41) is 8.64. The lowest BCUT2D eigenvalue weighted by atomic mass is 10.1. The molecular formula is C31H48O16P2. The number of benzene rings is 1. The summed E-state index contributed by atoms with van der Waals surface area (Å²) in [6.45, 7) is 0.126. The number of ether oxygens (including phenoxy) is 5. The van der Waals surface area contributed by atoms with E-state index in [0.29, 0.717) is 0 Å². The van der Waals surface area contributed by atoms with Crippen molar-refractivity contribution in [1.82, 2.24) is 0 Å². The molecule has 0 aliphatic rings. The Labute approximate surface area is 286 Å². The first-order valence-corrected chi connectivity index (χ1v) is 19.1. The molecule has 0 radical (unpaired) electrons. The van der Waals surface area contributed by atoms with Crippen LogP contribution in [-0.2, 0) is 77.2 Å². The third kappa shape index (κ3) is 19.9. The quantitative estimate of drug-likeness (QED) is 0.101. The highest BCUT2D eigenvalue weighted by atomic mass is 31.2. The molecule has 49 heavy (non-hydrogen) atoms. The predicted octanol–water partition coefficient (Wildman–Crippen LogP) is 3.91. The average molecular weight is 739 g/mol. The molecule has 1 aromatic rings. The number of carboxylic acid groups (broad SMARTS) is 1. The van der Waals surface area contributed by atoms with Crippen LogP contribution in [0.25, 0.3) is 0 Å². The van der Waals surface area contributed by atoms with Crippen LogP contribution < -0.4 is 0 Å². The van der Waals surface area contributed by atoms with Crippen LogP contribution in [0.2, 0.25) is 0 Å². The molecule has 0 fully saturated rings. The van der Waals surface area contributed by atoms with Crippen LogP contribution >= 0.6 is 14.7 Å². The molecule has 278 valence electrons. The van der Waals surface area contributed by atoms with Crippen molar-refractivity contribution in [2.75, 3.05) is 67.3 Å². The summed E-state index contributed by atoms with van der Waals surface area (Å²) in [7, 11) is 0.768. The zero-order chi connectivity index (χ0) is 37.5. The van der Waals surface area contributed by atoms with Crippen molar-refractivity contribution >= 4 is 50.6 Å². The topological polar surface area (TPSA) is 221 Å². The van der Waals surface area contributed by atoms with Crippen LogP contribution in [0.3, 0.4) is 0 Å². The second-order valence-corrected chi connectivity index (χ2v) is 16.1. The molecule has 4 atom stereocenters. The second-order valence-electron chi connectivity index (χ2n) is 10.5. The molecule has 4 unspecified atom stereocenters. The zero-order valence-corrected chi connectivity index (χ0v) is 30.6. The van der Waals surface area contributed by atoms with Crippen LogP contribution in [0.15, 0.2) is 30.3 Å². The number of hydrogen-bond acceptors (Lipinski definition) is 15. The van der Waals surface area contributed by atoms with E-state index in [1.807, 2.05) is 30.3 Å². The first kappa shape index (κ1) is 45.4. The molecule has 16 nitrogen and oxygen atoms in total. The van der Waals surface area contributed by atoms with Gasteiger partial charge in [0, 0.05) is 51.7 Å². The number of methoxy groups -OCH3 is 4. The Morgan fingerprint density at radius 3 is 1.41 bits per heavy atom. The van der Waals surface area contributed by atoms with Gasteiger partial charge in [0.05, 0.1) is 53.1 Å². The summed E-state index contributed by atoms with van der Waals surface area (Å²) < 4.78 is 59.0. The molecule has 0 saturated heterocycles. The van der Waals surface area contributed by atoms with Crippen molar-refractivity contribution in [3.63, 3.8) is 0 Å². The molecule has 0 heterocycles. The van der Waals surface area contributed by atoms with Gasteiger partial charge in [-0.2, -0.15) is 0 Å². The number of carbonyl (C=O) groups excluding carboxylic acids is 5. The van der Waals surface area contributed by atoms with Crippen LogP contribution in [0.5, 0.6) is 0 Å². The Balaban J connectivity index is 0.000000983. The Hall–Kier alpha value is -3.58. The first-order chi connectivity index (χ1) is 23.1. The number of hydrogen-bond donors (Lipinski definition) is 1. The van der Waals surface area contributed by atoms with E-state index in [-0.39, 0.29) is 69.8 Å². The Morgan fingerprint density at radius 1 is 0.612 bits per heavy atom. The average Bonchev–Trinajstić information content (AvgIpc) is 3.12. The summed E-state index contributed by atoms with van der Waals surface area (Å²) in [5.41, 5.74) is 0.847. The van der Waals surface area contributed by atoms with Crippen molar-refractivity contribution in [2.45, 2.75) is 45.1 Å². The van der Waals surface area contributed by atoms with Crippen molar-refractivity contribution in [3.05, 3.63) is 35.9 Å². The summed E-state index contributed by atoms with van der Waals surface area (Å²) in [4.78, 5) is 68.6. The van der Waals surface area contributed by atoms with Crippen LogP contribution in [0.1, 0.15) is 44.1 Å².